The third-order valence-corrected chi connectivity index (χ3v) is 3.83. The molecule has 0 bridgehead atoms. The lowest BCUT2D eigenvalue weighted by Crippen LogP contribution is -2.05. The molecule has 0 aliphatic rings. The second-order valence-corrected chi connectivity index (χ2v) is 5.21. The first-order valence-electron chi connectivity index (χ1n) is 6.09. The Morgan fingerprint density at radius 2 is 2.11 bits per heavy atom. The van der Waals surface area contributed by atoms with E-state index in [9.17, 15) is 0 Å². The minimum absolute atomic E-state index is 0.758. The van der Waals surface area contributed by atoms with Crippen LogP contribution >= 0.6 is 11.3 Å². The number of thiazole rings is 1. The molecule has 4 nitrogen and oxygen atoms in total. The van der Waals surface area contributed by atoms with Crippen molar-refractivity contribution in [3.8, 4) is 0 Å². The van der Waals surface area contributed by atoms with E-state index < -0.39 is 0 Å². The molecule has 0 amide bonds. The number of benzene rings is 1. The van der Waals surface area contributed by atoms with E-state index >= 15 is 0 Å². The molecule has 3 N–H and O–H groups in total. The minimum Gasteiger partial charge on any atom is -0.398 e. The van der Waals surface area contributed by atoms with E-state index in [1.54, 1.807) is 23.7 Å². The Kier molecular flexibility index (Phi) is 3.29. The monoisotopic (exact) mass is 270 g/mol. The van der Waals surface area contributed by atoms with Gasteiger partial charge in [0.05, 0.1) is 5.01 Å². The van der Waals surface area contributed by atoms with E-state index in [4.69, 9.17) is 5.73 Å². The molecule has 1 aromatic carbocycles. The minimum atomic E-state index is 0.758. The van der Waals surface area contributed by atoms with Gasteiger partial charge in [0, 0.05) is 59.1 Å². The zero-order chi connectivity index (χ0) is 13.1. The fraction of sp³-hybridized carbons (Fsp3) is 0.143. The van der Waals surface area contributed by atoms with Crippen LogP contribution in [0.1, 0.15) is 5.01 Å². The van der Waals surface area contributed by atoms with Gasteiger partial charge in [0.25, 0.3) is 0 Å². The first-order chi connectivity index (χ1) is 9.34. The number of nitrogens with one attached hydrogen (secondary N) is 1. The van der Waals surface area contributed by atoms with Crippen LogP contribution in [0.4, 0.5) is 11.4 Å². The van der Waals surface area contributed by atoms with Crippen LogP contribution in [0.3, 0.4) is 0 Å². The third kappa shape index (κ3) is 2.51. The molecule has 3 aromatic rings. The third-order valence-electron chi connectivity index (χ3n) is 2.99. The Bertz CT molecular complexity index is 679. The predicted octanol–water partition coefficient (Wildman–Crippen LogP) is 2.93. The van der Waals surface area contributed by atoms with E-state index in [0.29, 0.717) is 0 Å². The van der Waals surface area contributed by atoms with Gasteiger partial charge < -0.3 is 11.1 Å². The number of hydrogen-bond donors (Lipinski definition) is 2. The number of hydrogen-bond acceptors (Lipinski definition) is 5. The smallest absolute Gasteiger partial charge is 0.0942 e. The number of nitrogen functional groups attached to an aromatic ring is 1. The summed E-state index contributed by atoms with van der Waals surface area (Å²) < 4.78 is 0. The topological polar surface area (TPSA) is 63.8 Å². The standard InChI is InChI=1S/C14H14N4S/c15-12-1-2-13(10-3-5-16-9-11(10)12)17-6-4-14-18-7-8-19-14/h1-3,5,7-9,17H,4,6,15H2. The number of pyridine rings is 1. The molecular formula is C14H14N4S. The van der Waals surface area contributed by atoms with Gasteiger partial charge in [0.15, 0.2) is 0 Å². The molecule has 96 valence electrons. The lowest BCUT2D eigenvalue weighted by molar-refractivity contribution is 1.000. The summed E-state index contributed by atoms with van der Waals surface area (Å²) in [6.07, 6.45) is 6.35. The lowest BCUT2D eigenvalue weighted by atomic mass is 10.1. The molecule has 0 saturated carbocycles. The Hall–Kier alpha value is -2.14. The van der Waals surface area contributed by atoms with Crippen molar-refractivity contribution in [3.63, 3.8) is 0 Å². The van der Waals surface area contributed by atoms with E-state index in [1.165, 1.54) is 0 Å². The van der Waals surface area contributed by atoms with Crippen molar-refractivity contribution in [2.24, 2.45) is 0 Å². The summed E-state index contributed by atoms with van der Waals surface area (Å²) in [5, 5.41) is 8.68. The van der Waals surface area contributed by atoms with E-state index in [-0.39, 0.29) is 0 Å². The number of fused-ring (bicyclic) bond motifs is 1. The van der Waals surface area contributed by atoms with Gasteiger partial charge in [-0.3, -0.25) is 4.98 Å². The van der Waals surface area contributed by atoms with Crippen LogP contribution in [0.15, 0.2) is 42.2 Å². The van der Waals surface area contributed by atoms with Gasteiger partial charge >= 0.3 is 0 Å². The summed E-state index contributed by atoms with van der Waals surface area (Å²) >= 11 is 1.68. The van der Waals surface area contributed by atoms with Crippen LogP contribution in [-0.2, 0) is 6.42 Å². The summed E-state index contributed by atoms with van der Waals surface area (Å²) in [4.78, 5) is 8.39. The molecule has 2 heterocycles. The SMILES string of the molecule is Nc1ccc(NCCc2nccs2)c2ccncc12. The molecule has 19 heavy (non-hydrogen) atoms. The largest absolute Gasteiger partial charge is 0.398 e. The molecule has 2 aromatic heterocycles. The quantitative estimate of drug-likeness (QED) is 0.715. The van der Waals surface area contributed by atoms with Crippen molar-refractivity contribution in [1.82, 2.24) is 9.97 Å². The van der Waals surface area contributed by atoms with Crippen LogP contribution in [0.5, 0.6) is 0 Å². The molecule has 0 spiro atoms. The first kappa shape index (κ1) is 11.9. The lowest BCUT2D eigenvalue weighted by Gasteiger charge is -2.10. The highest BCUT2D eigenvalue weighted by molar-refractivity contribution is 7.09. The summed E-state index contributed by atoms with van der Waals surface area (Å²) in [6.45, 7) is 0.856. The maximum Gasteiger partial charge on any atom is 0.0942 e. The van der Waals surface area contributed by atoms with E-state index in [0.717, 1.165) is 40.1 Å². The number of nitrogens with zero attached hydrogens (tertiary/aromatic N) is 2. The number of rotatable bonds is 4. The average molecular weight is 270 g/mol. The van der Waals surface area contributed by atoms with Crippen molar-refractivity contribution in [2.45, 2.75) is 6.42 Å². The number of anilines is 2. The van der Waals surface area contributed by atoms with Crippen LogP contribution in [0.25, 0.3) is 10.8 Å². The zero-order valence-electron chi connectivity index (χ0n) is 10.3. The van der Waals surface area contributed by atoms with Gasteiger partial charge in [0.2, 0.25) is 0 Å². The van der Waals surface area contributed by atoms with Gasteiger partial charge in [-0.25, -0.2) is 4.98 Å². The highest BCUT2D eigenvalue weighted by Crippen LogP contribution is 2.27. The molecule has 0 radical (unpaired) electrons. The normalized spacial score (nSPS) is 10.7. The van der Waals surface area contributed by atoms with Crippen molar-refractivity contribution in [2.75, 3.05) is 17.6 Å². The maximum atomic E-state index is 5.95. The average Bonchev–Trinajstić information content (AvgIpc) is 2.95. The second kappa shape index (κ2) is 5.24. The molecule has 3 rings (SSSR count). The van der Waals surface area contributed by atoms with Gasteiger partial charge in [-0.2, -0.15) is 0 Å². The summed E-state index contributed by atoms with van der Waals surface area (Å²) in [6, 6.07) is 5.91. The molecule has 0 unspecified atom stereocenters. The van der Waals surface area contributed by atoms with Crippen LogP contribution in [0.2, 0.25) is 0 Å². The van der Waals surface area contributed by atoms with Crippen molar-refractivity contribution in [1.29, 1.82) is 0 Å². The Labute approximate surface area is 115 Å². The predicted molar refractivity (Wildman–Crippen MR) is 80.5 cm³/mol. The number of nitrogens with two attached hydrogens (primary N) is 1. The Morgan fingerprint density at radius 3 is 2.95 bits per heavy atom. The van der Waals surface area contributed by atoms with E-state index in [1.807, 2.05) is 29.8 Å². The van der Waals surface area contributed by atoms with E-state index in [2.05, 4.69) is 15.3 Å². The van der Waals surface area contributed by atoms with Crippen LogP contribution < -0.4 is 11.1 Å². The number of aromatic nitrogens is 2. The summed E-state index contributed by atoms with van der Waals surface area (Å²) in [7, 11) is 0. The first-order valence-corrected chi connectivity index (χ1v) is 6.97. The molecule has 0 fully saturated rings. The van der Waals surface area contributed by atoms with Crippen LogP contribution in [0, 0.1) is 0 Å². The molecule has 0 aliphatic carbocycles. The summed E-state index contributed by atoms with van der Waals surface area (Å²) in [5.41, 5.74) is 7.80. The van der Waals surface area contributed by atoms with Gasteiger partial charge in [0.1, 0.15) is 0 Å². The van der Waals surface area contributed by atoms with Gasteiger partial charge in [-0.15, -0.1) is 11.3 Å². The highest BCUT2D eigenvalue weighted by Gasteiger charge is 2.04. The van der Waals surface area contributed by atoms with Gasteiger partial charge in [-0.05, 0) is 18.2 Å². The van der Waals surface area contributed by atoms with Gasteiger partial charge in [-0.1, -0.05) is 0 Å². The maximum absolute atomic E-state index is 5.95. The molecule has 0 atom stereocenters. The van der Waals surface area contributed by atoms with Crippen molar-refractivity contribution < 1.29 is 0 Å². The van der Waals surface area contributed by atoms with Crippen molar-refractivity contribution in [3.05, 3.63) is 47.2 Å². The Balaban J connectivity index is 1.79. The fourth-order valence-corrected chi connectivity index (χ4v) is 2.67. The fourth-order valence-electron chi connectivity index (χ4n) is 2.05. The Morgan fingerprint density at radius 1 is 1.16 bits per heavy atom. The summed E-state index contributed by atoms with van der Waals surface area (Å²) in [5.74, 6) is 0. The molecular weight excluding hydrogens is 256 g/mol. The molecule has 5 heteroatoms. The zero-order valence-corrected chi connectivity index (χ0v) is 11.2. The highest BCUT2D eigenvalue weighted by atomic mass is 32.1. The molecule has 0 saturated heterocycles. The molecule has 0 aliphatic heterocycles. The second-order valence-electron chi connectivity index (χ2n) is 4.23. The van der Waals surface area contributed by atoms with Crippen molar-refractivity contribution >= 4 is 33.5 Å². The van der Waals surface area contributed by atoms with Crippen LogP contribution in [-0.4, -0.2) is 16.5 Å².